The van der Waals surface area contributed by atoms with Gasteiger partial charge in [0.15, 0.2) is 0 Å². The monoisotopic (exact) mass is 285 g/mol. The van der Waals surface area contributed by atoms with E-state index in [-0.39, 0.29) is 0 Å². The van der Waals surface area contributed by atoms with E-state index in [4.69, 9.17) is 0 Å². The molecule has 1 unspecified atom stereocenters. The molecule has 0 amide bonds. The number of aryl methyl sites for hydroxylation is 2. The predicted octanol–water partition coefficient (Wildman–Crippen LogP) is 4.94. The molecule has 1 heterocycles. The van der Waals surface area contributed by atoms with Crippen LogP contribution in [0, 0.1) is 13.8 Å². The maximum absolute atomic E-state index is 3.73. The van der Waals surface area contributed by atoms with Crippen LogP contribution >= 0.6 is 23.1 Å². The fraction of sp³-hybridized carbons (Fsp3) is 0.733. The molecule has 0 saturated heterocycles. The Bertz CT molecular complexity index is 358. The summed E-state index contributed by atoms with van der Waals surface area (Å²) in [6.07, 6.45) is 4.69. The molecule has 0 saturated carbocycles. The maximum atomic E-state index is 3.73. The number of hydrogen-bond donors (Lipinski definition) is 1. The quantitative estimate of drug-likeness (QED) is 0.761. The van der Waals surface area contributed by atoms with Crippen LogP contribution in [0.5, 0.6) is 0 Å². The van der Waals surface area contributed by atoms with Gasteiger partial charge in [-0.1, -0.05) is 13.8 Å². The van der Waals surface area contributed by atoms with Gasteiger partial charge in [0.25, 0.3) is 0 Å². The molecular weight excluding hydrogens is 258 g/mol. The van der Waals surface area contributed by atoms with Gasteiger partial charge in [-0.25, -0.2) is 0 Å². The zero-order valence-corrected chi connectivity index (χ0v) is 14.2. The number of thioether (sulfide) groups is 1. The minimum atomic E-state index is 0.396. The Morgan fingerprint density at radius 2 is 1.94 bits per heavy atom. The van der Waals surface area contributed by atoms with E-state index >= 15 is 0 Å². The molecule has 1 aromatic heterocycles. The molecule has 0 aliphatic heterocycles. The van der Waals surface area contributed by atoms with E-state index in [1.807, 2.05) is 23.1 Å². The van der Waals surface area contributed by atoms with Crippen LogP contribution in [0.15, 0.2) is 6.07 Å². The molecule has 1 aromatic rings. The SMILES string of the molecule is CCC(CC)(CNC(C)c1cc(C)sc1C)SC. The highest BCUT2D eigenvalue weighted by atomic mass is 32.2. The Morgan fingerprint density at radius 3 is 2.33 bits per heavy atom. The lowest BCUT2D eigenvalue weighted by Crippen LogP contribution is -2.37. The van der Waals surface area contributed by atoms with Gasteiger partial charge in [-0.15, -0.1) is 11.3 Å². The summed E-state index contributed by atoms with van der Waals surface area (Å²) in [5.74, 6) is 0. The van der Waals surface area contributed by atoms with Crippen LogP contribution in [0.25, 0.3) is 0 Å². The second-order valence-electron chi connectivity index (χ2n) is 5.07. The van der Waals surface area contributed by atoms with Crippen molar-refractivity contribution >= 4 is 23.1 Å². The van der Waals surface area contributed by atoms with Gasteiger partial charge < -0.3 is 5.32 Å². The molecule has 1 rings (SSSR count). The summed E-state index contributed by atoms with van der Waals surface area (Å²) < 4.78 is 0.396. The first kappa shape index (κ1) is 16.1. The second-order valence-corrected chi connectivity index (χ2v) is 7.80. The Hall–Kier alpha value is 0.01000. The molecule has 1 nitrogen and oxygen atoms in total. The average molecular weight is 286 g/mol. The lowest BCUT2D eigenvalue weighted by atomic mass is 10.0. The minimum absolute atomic E-state index is 0.396. The Labute approximate surface area is 121 Å². The van der Waals surface area contributed by atoms with Gasteiger partial charge in [0.2, 0.25) is 0 Å². The highest BCUT2D eigenvalue weighted by molar-refractivity contribution is 8.00. The Morgan fingerprint density at radius 1 is 1.33 bits per heavy atom. The first-order valence-corrected chi connectivity index (χ1v) is 8.87. The van der Waals surface area contributed by atoms with Crippen molar-refractivity contribution in [3.05, 3.63) is 21.4 Å². The number of rotatable bonds is 7. The van der Waals surface area contributed by atoms with Crippen LogP contribution < -0.4 is 5.32 Å². The molecule has 1 atom stereocenters. The van der Waals surface area contributed by atoms with Gasteiger partial charge in [-0.05, 0) is 51.5 Å². The van der Waals surface area contributed by atoms with Crippen molar-refractivity contribution in [2.45, 2.75) is 58.2 Å². The number of hydrogen-bond acceptors (Lipinski definition) is 3. The molecule has 0 aliphatic carbocycles. The molecule has 0 aliphatic rings. The molecule has 0 radical (unpaired) electrons. The van der Waals surface area contributed by atoms with E-state index < -0.39 is 0 Å². The maximum Gasteiger partial charge on any atom is 0.0303 e. The van der Waals surface area contributed by atoms with Gasteiger partial charge in [0.05, 0.1) is 0 Å². The number of thiophene rings is 1. The molecular formula is C15H27NS2. The third-order valence-corrected chi connectivity index (χ3v) is 6.57. The normalized spacial score (nSPS) is 13.9. The van der Waals surface area contributed by atoms with Crippen LogP contribution in [0.2, 0.25) is 0 Å². The molecule has 3 heteroatoms. The topological polar surface area (TPSA) is 12.0 Å². The van der Waals surface area contributed by atoms with E-state index in [2.05, 4.69) is 52.3 Å². The standard InChI is InChI=1S/C15H27NS2/c1-7-15(8-2,17-6)10-16-12(4)14-9-11(3)18-13(14)5/h9,12,16H,7-8,10H2,1-6H3. The number of nitrogens with one attached hydrogen (secondary N) is 1. The third-order valence-electron chi connectivity index (χ3n) is 4.00. The van der Waals surface area contributed by atoms with E-state index in [0.29, 0.717) is 10.8 Å². The smallest absolute Gasteiger partial charge is 0.0303 e. The van der Waals surface area contributed by atoms with Gasteiger partial charge in [-0.3, -0.25) is 0 Å². The predicted molar refractivity (Wildman–Crippen MR) is 87.0 cm³/mol. The Kier molecular flexibility index (Phi) is 6.22. The van der Waals surface area contributed by atoms with Gasteiger partial charge in [0.1, 0.15) is 0 Å². The van der Waals surface area contributed by atoms with Crippen LogP contribution in [0.3, 0.4) is 0 Å². The second kappa shape index (κ2) is 6.97. The average Bonchev–Trinajstić information content (AvgIpc) is 2.70. The lowest BCUT2D eigenvalue weighted by Gasteiger charge is -2.31. The highest BCUT2D eigenvalue weighted by Crippen LogP contribution is 2.31. The summed E-state index contributed by atoms with van der Waals surface area (Å²) in [6, 6.07) is 2.79. The van der Waals surface area contributed by atoms with Crippen LogP contribution in [-0.2, 0) is 0 Å². The van der Waals surface area contributed by atoms with Gasteiger partial charge in [-0.2, -0.15) is 11.8 Å². The molecule has 0 spiro atoms. The van der Waals surface area contributed by atoms with Crippen molar-refractivity contribution in [1.82, 2.24) is 5.32 Å². The molecule has 0 fully saturated rings. The minimum Gasteiger partial charge on any atom is -0.309 e. The molecule has 104 valence electrons. The van der Waals surface area contributed by atoms with E-state index in [0.717, 1.165) is 6.54 Å². The summed E-state index contributed by atoms with van der Waals surface area (Å²) in [6.45, 7) is 12.4. The highest BCUT2D eigenvalue weighted by Gasteiger charge is 2.25. The van der Waals surface area contributed by atoms with Crippen molar-refractivity contribution in [1.29, 1.82) is 0 Å². The summed E-state index contributed by atoms with van der Waals surface area (Å²) in [4.78, 5) is 2.87. The van der Waals surface area contributed by atoms with E-state index in [1.165, 1.54) is 28.2 Å². The van der Waals surface area contributed by atoms with Crippen molar-refractivity contribution in [3.63, 3.8) is 0 Å². The zero-order chi connectivity index (χ0) is 13.8. The van der Waals surface area contributed by atoms with E-state index in [1.54, 1.807) is 0 Å². The van der Waals surface area contributed by atoms with Crippen LogP contribution in [0.1, 0.15) is 55.0 Å². The summed E-state index contributed by atoms with van der Waals surface area (Å²) in [5, 5.41) is 3.73. The van der Waals surface area contributed by atoms with Crippen molar-refractivity contribution in [2.75, 3.05) is 12.8 Å². The van der Waals surface area contributed by atoms with Crippen molar-refractivity contribution in [3.8, 4) is 0 Å². The third kappa shape index (κ3) is 3.75. The largest absolute Gasteiger partial charge is 0.309 e. The summed E-state index contributed by atoms with van der Waals surface area (Å²) in [7, 11) is 0. The van der Waals surface area contributed by atoms with E-state index in [9.17, 15) is 0 Å². The summed E-state index contributed by atoms with van der Waals surface area (Å²) in [5.41, 5.74) is 1.47. The fourth-order valence-corrected chi connectivity index (χ4v) is 4.22. The van der Waals surface area contributed by atoms with Gasteiger partial charge >= 0.3 is 0 Å². The summed E-state index contributed by atoms with van der Waals surface area (Å²) >= 11 is 3.91. The Balaban J connectivity index is 2.65. The fourth-order valence-electron chi connectivity index (χ4n) is 2.39. The van der Waals surface area contributed by atoms with Crippen molar-refractivity contribution in [2.24, 2.45) is 0 Å². The van der Waals surface area contributed by atoms with Crippen LogP contribution in [0.4, 0.5) is 0 Å². The lowest BCUT2D eigenvalue weighted by molar-refractivity contribution is 0.459. The first-order valence-electron chi connectivity index (χ1n) is 6.83. The van der Waals surface area contributed by atoms with Crippen LogP contribution in [-0.4, -0.2) is 17.5 Å². The first-order chi connectivity index (χ1) is 8.48. The molecule has 1 N–H and O–H groups in total. The molecule has 18 heavy (non-hydrogen) atoms. The van der Waals surface area contributed by atoms with Crippen molar-refractivity contribution < 1.29 is 0 Å². The molecule has 0 bridgehead atoms. The zero-order valence-electron chi connectivity index (χ0n) is 12.6. The molecule has 0 aromatic carbocycles. The van der Waals surface area contributed by atoms with Gasteiger partial charge in [0, 0.05) is 27.1 Å².